The third-order valence-electron chi connectivity index (χ3n) is 9.53. The number of imidazole rings is 1. The molecule has 1 aliphatic rings. The fourth-order valence-electron chi connectivity index (χ4n) is 7.11. The van der Waals surface area contributed by atoms with Crippen LogP contribution in [0.3, 0.4) is 0 Å². The minimum Gasteiger partial charge on any atom is -0.411 e. The molecule has 3 heterocycles. The summed E-state index contributed by atoms with van der Waals surface area (Å²) in [6.07, 6.45) is 9.40. The summed E-state index contributed by atoms with van der Waals surface area (Å²) in [6.45, 7) is 18.2. The molecule has 0 radical (unpaired) electrons. The molecule has 0 amide bonds. The van der Waals surface area contributed by atoms with Gasteiger partial charge in [-0.1, -0.05) is 104 Å². The number of rotatable bonds is 7. The minimum absolute atomic E-state index is 0. The van der Waals surface area contributed by atoms with E-state index in [1.807, 2.05) is 36.5 Å². The van der Waals surface area contributed by atoms with Crippen LogP contribution in [-0.4, -0.2) is 28.3 Å². The smallest absolute Gasteiger partial charge is 0.411 e. The fraction of sp³-hybridized carbons (Fsp3) is 0.302. The maximum Gasteiger partial charge on any atom is 3.00 e. The first-order chi connectivity index (χ1) is 23.6. The molecule has 4 aromatic carbocycles. The van der Waals surface area contributed by atoms with Gasteiger partial charge < -0.3 is 9.38 Å². The van der Waals surface area contributed by atoms with Crippen molar-refractivity contribution >= 4 is 18.1 Å². The van der Waals surface area contributed by atoms with E-state index in [-0.39, 0.29) is 27.1 Å². The van der Waals surface area contributed by atoms with Crippen molar-refractivity contribution in [1.29, 1.82) is 0 Å². The van der Waals surface area contributed by atoms with Gasteiger partial charge in [-0.2, -0.15) is 18.2 Å². The SMILES string of the molecule is CC(C)c1cccc(C(C)C)c1-n1ccnc1-c1[c-]cccc1.CC(C)c1cccc(C(C)C)c1B1N(C)c2ccc[c-]c2-n2[c-]cc[n+]21.[Ir+3]. The van der Waals surface area contributed by atoms with E-state index in [0.29, 0.717) is 23.7 Å². The van der Waals surface area contributed by atoms with E-state index in [9.17, 15) is 0 Å². The number of aromatic nitrogens is 4. The average Bonchev–Trinajstić information content (AvgIpc) is 3.79. The second-order valence-corrected chi connectivity index (χ2v) is 14.2. The molecule has 0 saturated carbocycles. The number of anilines is 1. The third-order valence-corrected chi connectivity index (χ3v) is 9.53. The topological polar surface area (TPSA) is 29.9 Å². The van der Waals surface area contributed by atoms with Crippen molar-refractivity contribution in [3.05, 3.63) is 144 Å². The number of hydrogen-bond acceptors (Lipinski definition) is 2. The van der Waals surface area contributed by atoms with E-state index in [1.54, 1.807) is 0 Å². The molecule has 5 nitrogen and oxygen atoms in total. The number of fused-ring (bicyclic) bond motifs is 3. The summed E-state index contributed by atoms with van der Waals surface area (Å²) >= 11 is 0. The standard InChI is InChI=1S/C22H25BN3.C21H23N2.Ir/c1-16(2)18-10-8-11-19(17(3)4)22(18)23-24(5)20-12-6-7-13-21(20)25-14-9-15-26(23)25;1-15(2)18-11-8-12-19(16(3)4)20(18)23-14-13-22-21(23)17-9-6-5-7-10-17;/h6-12,15-17H,1-5H3;5-9,11-16H,1-4H3;/q2*-1;+3. The Bertz CT molecular complexity index is 1970. The molecule has 0 aliphatic carbocycles. The van der Waals surface area contributed by atoms with E-state index in [1.165, 1.54) is 39.1 Å². The molecule has 0 unspecified atom stereocenters. The minimum atomic E-state index is 0. The van der Waals surface area contributed by atoms with Gasteiger partial charge in [-0.3, -0.25) is 9.67 Å². The summed E-state index contributed by atoms with van der Waals surface area (Å²) in [4.78, 5) is 6.96. The van der Waals surface area contributed by atoms with E-state index in [2.05, 4.69) is 171 Å². The van der Waals surface area contributed by atoms with Gasteiger partial charge in [0.2, 0.25) is 0 Å². The first-order valence-corrected chi connectivity index (χ1v) is 17.6. The van der Waals surface area contributed by atoms with Crippen molar-refractivity contribution in [2.75, 3.05) is 11.9 Å². The van der Waals surface area contributed by atoms with Crippen LogP contribution in [0.2, 0.25) is 0 Å². The summed E-state index contributed by atoms with van der Waals surface area (Å²) < 4.78 is 6.59. The largest absolute Gasteiger partial charge is 3.00 e. The van der Waals surface area contributed by atoms with Crippen molar-refractivity contribution in [3.8, 4) is 22.8 Å². The van der Waals surface area contributed by atoms with Crippen LogP contribution in [-0.2, 0) is 20.1 Å². The van der Waals surface area contributed by atoms with Crippen molar-refractivity contribution < 1.29 is 24.7 Å². The summed E-state index contributed by atoms with van der Waals surface area (Å²) in [5.41, 5.74) is 11.5. The van der Waals surface area contributed by atoms with Gasteiger partial charge in [0.25, 0.3) is 0 Å². The molecule has 7 rings (SSSR count). The van der Waals surface area contributed by atoms with Gasteiger partial charge >= 0.3 is 27.1 Å². The van der Waals surface area contributed by atoms with Gasteiger partial charge in [-0.05, 0) is 59.2 Å². The van der Waals surface area contributed by atoms with E-state index >= 15 is 0 Å². The first kappa shape index (κ1) is 37.1. The molecule has 0 fully saturated rings. The predicted molar refractivity (Wildman–Crippen MR) is 203 cm³/mol. The summed E-state index contributed by atoms with van der Waals surface area (Å²) in [6, 6.07) is 36.3. The Balaban J connectivity index is 0.000000192. The van der Waals surface area contributed by atoms with Crippen LogP contribution in [0.15, 0.2) is 104 Å². The number of hydrogen-bond donors (Lipinski definition) is 0. The van der Waals surface area contributed by atoms with Crippen LogP contribution in [0.25, 0.3) is 22.8 Å². The quantitative estimate of drug-likeness (QED) is 0.119. The molecule has 7 heteroatoms. The van der Waals surface area contributed by atoms with Crippen molar-refractivity contribution in [1.82, 2.24) is 14.2 Å². The van der Waals surface area contributed by atoms with Crippen molar-refractivity contribution in [2.24, 2.45) is 0 Å². The van der Waals surface area contributed by atoms with E-state index in [4.69, 9.17) is 0 Å². The van der Waals surface area contributed by atoms with Gasteiger partial charge in [0.15, 0.2) is 0 Å². The molecular weight excluding hydrogens is 790 g/mol. The number of benzene rings is 4. The number of para-hydroxylation sites is 2. The Morgan fingerprint density at radius 1 is 0.680 bits per heavy atom. The van der Waals surface area contributed by atoms with Crippen LogP contribution in [0.1, 0.15) is 101 Å². The van der Waals surface area contributed by atoms with Crippen LogP contribution in [0.5, 0.6) is 0 Å². The molecular formula is C43H48BIrN5+. The molecule has 6 aromatic rings. The fourth-order valence-corrected chi connectivity index (χ4v) is 7.11. The van der Waals surface area contributed by atoms with Gasteiger partial charge in [-0.25, -0.2) is 10.7 Å². The second kappa shape index (κ2) is 15.8. The maximum atomic E-state index is 4.60. The van der Waals surface area contributed by atoms with Gasteiger partial charge in [0, 0.05) is 23.5 Å². The molecule has 0 saturated heterocycles. The second-order valence-electron chi connectivity index (χ2n) is 14.2. The number of nitrogens with zero attached hydrogens (tertiary/aromatic N) is 5. The molecule has 256 valence electrons. The molecule has 2 aromatic heterocycles. The van der Waals surface area contributed by atoms with Gasteiger partial charge in [0.05, 0.1) is 12.0 Å². The third kappa shape index (κ3) is 7.04. The maximum absolute atomic E-state index is 4.60. The summed E-state index contributed by atoms with van der Waals surface area (Å²) in [5, 5.41) is 0. The zero-order chi connectivity index (χ0) is 34.8. The van der Waals surface area contributed by atoms with Crippen molar-refractivity contribution in [2.45, 2.75) is 79.1 Å². The van der Waals surface area contributed by atoms with Gasteiger partial charge in [0.1, 0.15) is 0 Å². The zero-order valence-corrected chi connectivity index (χ0v) is 33.2. The normalized spacial score (nSPS) is 12.2. The van der Waals surface area contributed by atoms with Gasteiger partial charge in [-0.15, -0.1) is 41.6 Å². The molecule has 0 bridgehead atoms. The molecule has 0 atom stereocenters. The molecule has 50 heavy (non-hydrogen) atoms. The van der Waals surface area contributed by atoms with Crippen molar-refractivity contribution in [3.63, 3.8) is 0 Å². The molecule has 0 N–H and O–H groups in total. The Morgan fingerprint density at radius 3 is 1.86 bits per heavy atom. The Hall–Kier alpha value is -4.19. The van der Waals surface area contributed by atoms with Crippen LogP contribution < -0.4 is 14.9 Å². The summed E-state index contributed by atoms with van der Waals surface area (Å²) in [5.74, 6) is 2.79. The van der Waals surface area contributed by atoms with E-state index < -0.39 is 0 Å². The predicted octanol–water partition coefficient (Wildman–Crippen LogP) is 8.89. The average molecular weight is 838 g/mol. The first-order valence-electron chi connectivity index (χ1n) is 17.6. The Morgan fingerprint density at radius 2 is 1.28 bits per heavy atom. The van der Waals surface area contributed by atoms with Crippen LogP contribution in [0.4, 0.5) is 5.69 Å². The Kier molecular flexibility index (Phi) is 11.7. The van der Waals surface area contributed by atoms with Crippen LogP contribution >= 0.6 is 0 Å². The molecule has 1 aliphatic heterocycles. The monoisotopic (exact) mass is 838 g/mol. The van der Waals surface area contributed by atoms with Crippen LogP contribution in [0, 0.1) is 18.3 Å². The molecule has 0 spiro atoms. The zero-order valence-electron chi connectivity index (χ0n) is 30.8. The van der Waals surface area contributed by atoms with E-state index in [0.717, 1.165) is 17.1 Å². The Labute approximate surface area is 313 Å². The summed E-state index contributed by atoms with van der Waals surface area (Å²) in [7, 11) is 2.18.